The topological polar surface area (TPSA) is 75.7 Å². The SMILES string of the molecule is CC1CCN(S(=O)(=O)c2ccc(Cl)c(C(=O)NCCOc3ccc(C(C)(C)C)cc3)c2)CC1. The van der Waals surface area contributed by atoms with Gasteiger partial charge in [-0.15, -0.1) is 0 Å². The molecule has 1 N–H and O–H groups in total. The second-order valence-electron chi connectivity index (χ2n) is 9.61. The van der Waals surface area contributed by atoms with E-state index in [9.17, 15) is 13.2 Å². The van der Waals surface area contributed by atoms with Gasteiger partial charge in [-0.05, 0) is 60.1 Å². The van der Waals surface area contributed by atoms with Crippen molar-refractivity contribution in [3.05, 3.63) is 58.6 Å². The molecule has 3 rings (SSSR count). The molecule has 1 fully saturated rings. The molecular formula is C25H33ClN2O4S. The first-order chi connectivity index (χ1) is 15.5. The predicted octanol–water partition coefficient (Wildman–Crippen LogP) is 4.87. The molecular weight excluding hydrogens is 460 g/mol. The van der Waals surface area contributed by atoms with Crippen LogP contribution in [0.25, 0.3) is 0 Å². The molecule has 0 saturated carbocycles. The Labute approximate surface area is 202 Å². The highest BCUT2D eigenvalue weighted by Gasteiger charge is 2.29. The van der Waals surface area contributed by atoms with Gasteiger partial charge in [0, 0.05) is 13.1 Å². The van der Waals surface area contributed by atoms with Crippen LogP contribution in [0, 0.1) is 5.92 Å². The highest BCUT2D eigenvalue weighted by Crippen LogP contribution is 2.27. The Kier molecular flexibility index (Phi) is 8.08. The van der Waals surface area contributed by atoms with E-state index in [1.807, 2.05) is 24.3 Å². The van der Waals surface area contributed by atoms with E-state index in [1.54, 1.807) is 0 Å². The van der Waals surface area contributed by atoms with Crippen LogP contribution in [0.5, 0.6) is 5.75 Å². The van der Waals surface area contributed by atoms with Gasteiger partial charge in [0.2, 0.25) is 10.0 Å². The number of rotatable bonds is 7. The quantitative estimate of drug-likeness (QED) is 0.559. The van der Waals surface area contributed by atoms with Gasteiger partial charge in [-0.2, -0.15) is 4.31 Å². The van der Waals surface area contributed by atoms with E-state index in [-0.39, 0.29) is 34.0 Å². The molecule has 180 valence electrons. The van der Waals surface area contributed by atoms with E-state index >= 15 is 0 Å². The fourth-order valence-electron chi connectivity index (χ4n) is 3.69. The lowest BCUT2D eigenvalue weighted by Crippen LogP contribution is -2.38. The molecule has 1 aliphatic rings. The van der Waals surface area contributed by atoms with E-state index in [0.717, 1.165) is 18.6 Å². The second kappa shape index (κ2) is 10.5. The number of amides is 1. The number of halogens is 1. The van der Waals surface area contributed by atoms with Gasteiger partial charge in [0.15, 0.2) is 0 Å². The van der Waals surface area contributed by atoms with Gasteiger partial charge in [0.1, 0.15) is 12.4 Å². The smallest absolute Gasteiger partial charge is 0.252 e. The average Bonchev–Trinajstić information content (AvgIpc) is 2.76. The first-order valence-corrected chi connectivity index (χ1v) is 13.1. The summed E-state index contributed by atoms with van der Waals surface area (Å²) in [6.07, 6.45) is 1.66. The Hall–Kier alpha value is -2.09. The van der Waals surface area contributed by atoms with Crippen LogP contribution in [0.15, 0.2) is 47.4 Å². The van der Waals surface area contributed by atoms with E-state index in [4.69, 9.17) is 16.3 Å². The van der Waals surface area contributed by atoms with Crippen LogP contribution in [0.3, 0.4) is 0 Å². The molecule has 0 bridgehead atoms. The molecule has 0 aromatic heterocycles. The minimum absolute atomic E-state index is 0.0697. The van der Waals surface area contributed by atoms with Crippen molar-refractivity contribution in [2.24, 2.45) is 5.92 Å². The monoisotopic (exact) mass is 492 g/mol. The molecule has 1 amide bonds. The lowest BCUT2D eigenvalue weighted by Gasteiger charge is -2.29. The maximum atomic E-state index is 13.0. The van der Waals surface area contributed by atoms with Gasteiger partial charge in [0.25, 0.3) is 5.91 Å². The van der Waals surface area contributed by atoms with Gasteiger partial charge in [-0.3, -0.25) is 4.79 Å². The zero-order chi connectivity index (χ0) is 24.2. The first kappa shape index (κ1) is 25.5. The van der Waals surface area contributed by atoms with Crippen LogP contribution in [0.1, 0.15) is 56.5 Å². The van der Waals surface area contributed by atoms with E-state index < -0.39 is 15.9 Å². The maximum absolute atomic E-state index is 13.0. The Morgan fingerprint density at radius 3 is 2.36 bits per heavy atom. The minimum atomic E-state index is -3.66. The molecule has 2 aromatic rings. The van der Waals surface area contributed by atoms with Crippen molar-refractivity contribution in [1.82, 2.24) is 9.62 Å². The van der Waals surface area contributed by atoms with Crippen molar-refractivity contribution in [1.29, 1.82) is 0 Å². The summed E-state index contributed by atoms with van der Waals surface area (Å²) >= 11 is 6.21. The number of nitrogens with zero attached hydrogens (tertiary/aromatic N) is 1. The molecule has 6 nitrogen and oxygen atoms in total. The van der Waals surface area contributed by atoms with Crippen molar-refractivity contribution in [3.63, 3.8) is 0 Å². The van der Waals surface area contributed by atoms with Crippen LogP contribution in [-0.2, 0) is 15.4 Å². The summed E-state index contributed by atoms with van der Waals surface area (Å²) in [5.74, 6) is 0.803. The van der Waals surface area contributed by atoms with Crippen LogP contribution >= 0.6 is 11.6 Å². The van der Waals surface area contributed by atoms with Gasteiger partial charge >= 0.3 is 0 Å². The Morgan fingerprint density at radius 2 is 1.76 bits per heavy atom. The highest BCUT2D eigenvalue weighted by atomic mass is 35.5. The van der Waals surface area contributed by atoms with E-state index in [0.29, 0.717) is 19.0 Å². The molecule has 0 unspecified atom stereocenters. The summed E-state index contributed by atoms with van der Waals surface area (Å²) in [6, 6.07) is 12.2. The van der Waals surface area contributed by atoms with Gasteiger partial charge in [-0.1, -0.05) is 51.4 Å². The Morgan fingerprint density at radius 1 is 1.12 bits per heavy atom. The van der Waals surface area contributed by atoms with Crippen molar-refractivity contribution in [3.8, 4) is 5.75 Å². The van der Waals surface area contributed by atoms with Crippen LogP contribution < -0.4 is 10.1 Å². The maximum Gasteiger partial charge on any atom is 0.252 e. The zero-order valence-electron chi connectivity index (χ0n) is 19.7. The number of carbonyl (C=O) groups is 1. The fraction of sp³-hybridized carbons (Fsp3) is 0.480. The fourth-order valence-corrected chi connectivity index (χ4v) is 5.39. The number of hydrogen-bond donors (Lipinski definition) is 1. The number of hydrogen-bond acceptors (Lipinski definition) is 4. The highest BCUT2D eigenvalue weighted by molar-refractivity contribution is 7.89. The first-order valence-electron chi connectivity index (χ1n) is 11.3. The lowest BCUT2D eigenvalue weighted by atomic mass is 9.87. The Balaban J connectivity index is 1.59. The summed E-state index contributed by atoms with van der Waals surface area (Å²) in [4.78, 5) is 12.8. The number of piperidine rings is 1. The number of ether oxygens (including phenoxy) is 1. The average molecular weight is 493 g/mol. The van der Waals surface area contributed by atoms with Crippen LogP contribution in [0.4, 0.5) is 0 Å². The molecule has 1 aliphatic heterocycles. The molecule has 0 atom stereocenters. The van der Waals surface area contributed by atoms with Crippen molar-refractivity contribution in [2.45, 2.75) is 50.8 Å². The number of sulfonamides is 1. The number of carbonyl (C=O) groups excluding carboxylic acids is 1. The summed E-state index contributed by atoms with van der Waals surface area (Å²) in [5.41, 5.74) is 1.42. The summed E-state index contributed by atoms with van der Waals surface area (Å²) in [7, 11) is -3.66. The van der Waals surface area contributed by atoms with E-state index in [2.05, 4.69) is 33.0 Å². The molecule has 2 aromatic carbocycles. The zero-order valence-corrected chi connectivity index (χ0v) is 21.3. The van der Waals surface area contributed by atoms with Crippen molar-refractivity contribution >= 4 is 27.5 Å². The minimum Gasteiger partial charge on any atom is -0.492 e. The largest absolute Gasteiger partial charge is 0.492 e. The second-order valence-corrected chi connectivity index (χ2v) is 12.0. The van der Waals surface area contributed by atoms with Crippen molar-refractivity contribution < 1.29 is 17.9 Å². The van der Waals surface area contributed by atoms with Crippen LogP contribution in [-0.4, -0.2) is 44.9 Å². The third-order valence-corrected chi connectivity index (χ3v) is 8.16. The summed E-state index contributed by atoms with van der Waals surface area (Å²) < 4.78 is 33.2. The number of nitrogens with one attached hydrogen (secondary N) is 1. The molecule has 1 heterocycles. The van der Waals surface area contributed by atoms with E-state index in [1.165, 1.54) is 28.1 Å². The van der Waals surface area contributed by atoms with Crippen LogP contribution in [0.2, 0.25) is 5.02 Å². The van der Waals surface area contributed by atoms with Crippen molar-refractivity contribution in [2.75, 3.05) is 26.2 Å². The third kappa shape index (κ3) is 6.49. The van der Waals surface area contributed by atoms with Gasteiger partial charge in [-0.25, -0.2) is 8.42 Å². The van der Waals surface area contributed by atoms with Gasteiger partial charge < -0.3 is 10.1 Å². The number of benzene rings is 2. The summed E-state index contributed by atoms with van der Waals surface area (Å²) in [5, 5.41) is 2.96. The Bertz CT molecular complexity index is 1070. The molecule has 33 heavy (non-hydrogen) atoms. The normalized spacial score (nSPS) is 15.9. The van der Waals surface area contributed by atoms with Gasteiger partial charge in [0.05, 0.1) is 22.0 Å². The third-order valence-electron chi connectivity index (χ3n) is 5.94. The predicted molar refractivity (Wildman–Crippen MR) is 132 cm³/mol. The molecule has 0 radical (unpaired) electrons. The lowest BCUT2D eigenvalue weighted by molar-refractivity contribution is 0.0947. The molecule has 0 aliphatic carbocycles. The molecule has 1 saturated heterocycles. The standard InChI is InChI=1S/C25H33ClN2O4S/c1-18-11-14-28(15-12-18)33(30,31)21-9-10-23(26)22(17-21)24(29)27-13-16-32-20-7-5-19(6-8-20)25(2,3)4/h5-10,17-18H,11-16H2,1-4H3,(H,27,29). The molecule has 8 heteroatoms. The summed E-state index contributed by atoms with van der Waals surface area (Å²) in [6.45, 7) is 10.1. The molecule has 0 spiro atoms.